The van der Waals surface area contributed by atoms with Crippen LogP contribution in [0.2, 0.25) is 0 Å². The number of carbonyl (C=O) groups is 1. The fourth-order valence-electron chi connectivity index (χ4n) is 3.02. The van der Waals surface area contributed by atoms with Gasteiger partial charge >= 0.3 is 6.18 Å². The lowest BCUT2D eigenvalue weighted by Crippen LogP contribution is -2.27. The highest BCUT2D eigenvalue weighted by Gasteiger charge is 2.35. The first kappa shape index (κ1) is 25.7. The molecular formula is C21H22F3N7O3S. The minimum Gasteiger partial charge on any atom is -0.366 e. The van der Waals surface area contributed by atoms with Gasteiger partial charge in [0.1, 0.15) is 17.2 Å². The number of sulfonamides is 1. The lowest BCUT2D eigenvalue weighted by atomic mass is 10.1. The van der Waals surface area contributed by atoms with Crippen molar-refractivity contribution in [2.75, 3.05) is 28.2 Å². The quantitative estimate of drug-likeness (QED) is 0.420. The normalized spacial score (nSPS) is 11.7. The summed E-state index contributed by atoms with van der Waals surface area (Å²) in [5, 5.41) is 5.41. The van der Waals surface area contributed by atoms with Gasteiger partial charge in [-0.2, -0.15) is 18.2 Å². The molecule has 1 amide bonds. The monoisotopic (exact) mass is 509 g/mol. The van der Waals surface area contributed by atoms with Gasteiger partial charge in [0.05, 0.1) is 6.26 Å². The zero-order chi connectivity index (χ0) is 26.0. The fourth-order valence-corrected chi connectivity index (χ4v) is 3.50. The van der Waals surface area contributed by atoms with E-state index in [1.54, 1.807) is 13.0 Å². The van der Waals surface area contributed by atoms with Gasteiger partial charge in [-0.25, -0.2) is 18.4 Å². The second-order valence-corrected chi connectivity index (χ2v) is 9.55. The summed E-state index contributed by atoms with van der Waals surface area (Å²) in [5.74, 6) is -1.19. The molecule has 0 saturated carbocycles. The standard InChI is InChI=1S/C21H22F3N7O3S/c1-12-8-9-26-19(31(2)35(3,33)34)15(12)10-27-18-16(21(22,23)24)11-28-20(30-18)29-14-6-4-13(5-7-14)17(25)32/h4-9,11H,10H2,1-3H3,(H2,25,32)(H2,27,28,29,30). The van der Waals surface area contributed by atoms with E-state index in [9.17, 15) is 26.4 Å². The molecule has 14 heteroatoms. The highest BCUT2D eigenvalue weighted by Crippen LogP contribution is 2.35. The molecule has 10 nitrogen and oxygen atoms in total. The predicted octanol–water partition coefficient (Wildman–Crippen LogP) is 3.05. The molecule has 0 aliphatic rings. The Morgan fingerprint density at radius 3 is 2.37 bits per heavy atom. The number of benzene rings is 1. The van der Waals surface area contributed by atoms with Gasteiger partial charge in [0.15, 0.2) is 0 Å². The van der Waals surface area contributed by atoms with Crippen molar-refractivity contribution in [1.82, 2.24) is 15.0 Å². The lowest BCUT2D eigenvalue weighted by molar-refractivity contribution is -0.137. The van der Waals surface area contributed by atoms with Gasteiger partial charge in [-0.1, -0.05) is 0 Å². The van der Waals surface area contributed by atoms with Crippen molar-refractivity contribution in [3.8, 4) is 0 Å². The number of nitrogens with one attached hydrogen (secondary N) is 2. The van der Waals surface area contributed by atoms with Crippen LogP contribution in [0.25, 0.3) is 0 Å². The number of primary amides is 1. The Balaban J connectivity index is 1.93. The Labute approximate surface area is 199 Å². The Morgan fingerprint density at radius 1 is 1.14 bits per heavy atom. The topological polar surface area (TPSA) is 143 Å². The van der Waals surface area contributed by atoms with Gasteiger partial charge in [0.2, 0.25) is 21.9 Å². The maximum absolute atomic E-state index is 13.6. The van der Waals surface area contributed by atoms with Crippen molar-refractivity contribution in [2.45, 2.75) is 19.6 Å². The maximum atomic E-state index is 13.6. The molecule has 0 aliphatic heterocycles. The Morgan fingerprint density at radius 2 is 1.80 bits per heavy atom. The highest BCUT2D eigenvalue weighted by molar-refractivity contribution is 7.92. The van der Waals surface area contributed by atoms with Gasteiger partial charge in [0, 0.05) is 42.8 Å². The third kappa shape index (κ3) is 6.15. The van der Waals surface area contributed by atoms with Crippen molar-refractivity contribution in [3.63, 3.8) is 0 Å². The van der Waals surface area contributed by atoms with E-state index >= 15 is 0 Å². The van der Waals surface area contributed by atoms with Crippen LogP contribution in [0.4, 0.5) is 36.4 Å². The van der Waals surface area contributed by atoms with Crippen molar-refractivity contribution >= 4 is 39.2 Å². The molecule has 0 radical (unpaired) electrons. The summed E-state index contributed by atoms with van der Waals surface area (Å²) in [6, 6.07) is 7.50. The molecule has 0 bridgehead atoms. The number of hydrogen-bond acceptors (Lipinski definition) is 8. The van der Waals surface area contributed by atoms with Gasteiger partial charge in [-0.3, -0.25) is 9.10 Å². The first-order valence-corrected chi connectivity index (χ1v) is 11.9. The minimum absolute atomic E-state index is 0.0792. The van der Waals surface area contributed by atoms with E-state index in [-0.39, 0.29) is 23.9 Å². The molecule has 186 valence electrons. The lowest BCUT2D eigenvalue weighted by Gasteiger charge is -2.21. The molecule has 3 rings (SSSR count). The summed E-state index contributed by atoms with van der Waals surface area (Å²) >= 11 is 0. The summed E-state index contributed by atoms with van der Waals surface area (Å²) in [4.78, 5) is 23.0. The summed E-state index contributed by atoms with van der Waals surface area (Å²) in [6.45, 7) is 1.49. The van der Waals surface area contributed by atoms with E-state index in [1.807, 2.05) is 0 Å². The van der Waals surface area contributed by atoms with Crippen LogP contribution in [-0.2, 0) is 22.7 Å². The van der Waals surface area contributed by atoms with Crippen LogP contribution in [0.15, 0.2) is 42.7 Å². The van der Waals surface area contributed by atoms with E-state index < -0.39 is 33.5 Å². The number of nitrogens with zero attached hydrogens (tertiary/aromatic N) is 4. The third-order valence-corrected chi connectivity index (χ3v) is 6.18. The molecular weight excluding hydrogens is 487 g/mol. The Bertz CT molecular complexity index is 1350. The van der Waals surface area contributed by atoms with Gasteiger partial charge < -0.3 is 16.4 Å². The number of anilines is 4. The number of aromatic nitrogens is 3. The van der Waals surface area contributed by atoms with E-state index in [0.29, 0.717) is 23.0 Å². The zero-order valence-electron chi connectivity index (χ0n) is 18.9. The molecule has 1 aromatic carbocycles. The van der Waals surface area contributed by atoms with Crippen LogP contribution >= 0.6 is 0 Å². The number of hydrogen-bond donors (Lipinski definition) is 3. The molecule has 0 fully saturated rings. The van der Waals surface area contributed by atoms with Crippen LogP contribution in [-0.4, -0.2) is 42.6 Å². The number of rotatable bonds is 8. The first-order valence-electron chi connectivity index (χ1n) is 10.0. The molecule has 0 spiro atoms. The number of pyridine rings is 1. The minimum atomic E-state index is -4.75. The molecule has 0 aliphatic carbocycles. The van der Waals surface area contributed by atoms with E-state index in [0.717, 1.165) is 10.6 Å². The SMILES string of the molecule is Cc1ccnc(N(C)S(C)(=O)=O)c1CNc1nc(Nc2ccc(C(N)=O)cc2)ncc1C(F)(F)F. The van der Waals surface area contributed by atoms with E-state index in [4.69, 9.17) is 5.73 Å². The molecule has 2 heterocycles. The van der Waals surface area contributed by atoms with Crippen molar-refractivity contribution in [2.24, 2.45) is 5.73 Å². The number of amides is 1. The third-order valence-electron chi connectivity index (χ3n) is 5.02. The molecule has 4 N–H and O–H groups in total. The number of halogens is 3. The number of carbonyl (C=O) groups excluding carboxylic acids is 1. The van der Waals surface area contributed by atoms with Crippen molar-refractivity contribution in [1.29, 1.82) is 0 Å². The molecule has 0 saturated heterocycles. The average Bonchev–Trinajstić information content (AvgIpc) is 2.76. The summed E-state index contributed by atoms with van der Waals surface area (Å²) < 4.78 is 65.8. The van der Waals surface area contributed by atoms with Crippen molar-refractivity contribution in [3.05, 3.63) is 65.0 Å². The Hall–Kier alpha value is -3.94. The van der Waals surface area contributed by atoms with Gasteiger partial charge in [-0.05, 0) is 42.8 Å². The van der Waals surface area contributed by atoms with Crippen molar-refractivity contribution < 1.29 is 26.4 Å². The second-order valence-electron chi connectivity index (χ2n) is 7.53. The number of alkyl halides is 3. The summed E-state index contributed by atoms with van der Waals surface area (Å²) in [5.41, 5.74) is 5.77. The van der Waals surface area contributed by atoms with Crippen LogP contribution in [0.1, 0.15) is 27.0 Å². The van der Waals surface area contributed by atoms with Gasteiger partial charge in [-0.15, -0.1) is 0 Å². The molecule has 0 unspecified atom stereocenters. The maximum Gasteiger partial charge on any atom is 0.421 e. The molecule has 2 aromatic heterocycles. The smallest absolute Gasteiger partial charge is 0.366 e. The second kappa shape index (κ2) is 9.74. The van der Waals surface area contributed by atoms with Crippen LogP contribution < -0.4 is 20.7 Å². The molecule has 3 aromatic rings. The molecule has 35 heavy (non-hydrogen) atoms. The van der Waals surface area contributed by atoms with E-state index in [1.165, 1.54) is 37.5 Å². The predicted molar refractivity (Wildman–Crippen MR) is 125 cm³/mol. The molecule has 0 atom stereocenters. The fraction of sp³-hybridized carbons (Fsp3) is 0.238. The zero-order valence-corrected chi connectivity index (χ0v) is 19.7. The highest BCUT2D eigenvalue weighted by atomic mass is 32.2. The van der Waals surface area contributed by atoms with Crippen LogP contribution in [0, 0.1) is 6.92 Å². The number of nitrogens with two attached hydrogens (primary N) is 1. The largest absolute Gasteiger partial charge is 0.421 e. The van der Waals surface area contributed by atoms with E-state index in [2.05, 4.69) is 25.6 Å². The average molecular weight is 510 g/mol. The van der Waals surface area contributed by atoms with Gasteiger partial charge in [0.25, 0.3) is 0 Å². The Kier molecular flexibility index (Phi) is 7.14. The number of aryl methyl sites for hydroxylation is 1. The van der Waals surface area contributed by atoms with Crippen LogP contribution in [0.3, 0.4) is 0 Å². The summed E-state index contributed by atoms with van der Waals surface area (Å²) in [7, 11) is -2.36. The van der Waals surface area contributed by atoms with Crippen LogP contribution in [0.5, 0.6) is 0 Å². The summed E-state index contributed by atoms with van der Waals surface area (Å²) in [6.07, 6.45) is -1.71. The first-order chi connectivity index (χ1) is 16.3.